The molecule has 0 spiro atoms. The molecule has 39 heavy (non-hydrogen) atoms. The maximum absolute atomic E-state index is 12.1. The first-order chi connectivity index (χ1) is 18.6. The molecule has 11 heteroatoms. The summed E-state index contributed by atoms with van der Waals surface area (Å²) in [5.41, 5.74) is -1.33. The number of carbonyl (C=O) groups is 5. The molecule has 11 nitrogen and oxygen atoms in total. The zero-order chi connectivity index (χ0) is 29.5. The third-order valence-electron chi connectivity index (χ3n) is 5.17. The number of rotatable bonds is 23. The van der Waals surface area contributed by atoms with Gasteiger partial charge in [0.1, 0.15) is 19.8 Å². The van der Waals surface area contributed by atoms with E-state index < -0.39 is 35.2 Å². The van der Waals surface area contributed by atoms with Crippen molar-refractivity contribution in [2.75, 3.05) is 46.2 Å². The van der Waals surface area contributed by atoms with E-state index in [0.717, 1.165) is 43.6 Å². The molecule has 0 heterocycles. The SMILES string of the molecule is C=CC(=O)OCC(COCC(COC(=O)C=C)(COC(=O)C=C)COC(=O)C=C)COC(=O)CCCCCC. The van der Waals surface area contributed by atoms with Gasteiger partial charge in [0.2, 0.25) is 0 Å². The molecule has 0 aromatic carbocycles. The Labute approximate surface area is 229 Å². The van der Waals surface area contributed by atoms with Crippen LogP contribution in [0.1, 0.15) is 39.0 Å². The van der Waals surface area contributed by atoms with Gasteiger partial charge in [0.25, 0.3) is 0 Å². The van der Waals surface area contributed by atoms with E-state index in [-0.39, 0.29) is 58.6 Å². The average molecular weight is 553 g/mol. The van der Waals surface area contributed by atoms with Gasteiger partial charge < -0.3 is 28.4 Å². The molecule has 0 rings (SSSR count). The summed E-state index contributed by atoms with van der Waals surface area (Å²) >= 11 is 0. The summed E-state index contributed by atoms with van der Waals surface area (Å²) in [5.74, 6) is -3.89. The van der Waals surface area contributed by atoms with E-state index in [1.54, 1.807) is 0 Å². The van der Waals surface area contributed by atoms with Crippen molar-refractivity contribution in [3.8, 4) is 0 Å². The van der Waals surface area contributed by atoms with Gasteiger partial charge in [-0.1, -0.05) is 52.5 Å². The van der Waals surface area contributed by atoms with Crippen molar-refractivity contribution >= 4 is 29.8 Å². The van der Waals surface area contributed by atoms with Crippen molar-refractivity contribution in [2.24, 2.45) is 11.3 Å². The standard InChI is InChI=1S/C28H40O11/c1-6-11-12-13-14-27(33)36-17-22(16-35-23(29)7-2)15-34-18-28(19-37-24(30)8-3,20-38-25(31)9-4)21-39-26(32)10-5/h7-10,22H,2-6,11-21H2,1H3. The first-order valence-electron chi connectivity index (χ1n) is 12.5. The summed E-state index contributed by atoms with van der Waals surface area (Å²) in [6.45, 7) is 13.8. The highest BCUT2D eigenvalue weighted by Crippen LogP contribution is 2.22. The summed E-state index contributed by atoms with van der Waals surface area (Å²) < 4.78 is 31.7. The van der Waals surface area contributed by atoms with Crippen LogP contribution >= 0.6 is 0 Å². The predicted octanol–water partition coefficient (Wildman–Crippen LogP) is 3.04. The molecular formula is C28H40O11. The van der Waals surface area contributed by atoms with E-state index in [1.807, 2.05) is 0 Å². The molecular weight excluding hydrogens is 512 g/mol. The van der Waals surface area contributed by atoms with Gasteiger partial charge in [0.15, 0.2) is 0 Å². The molecule has 0 N–H and O–H groups in total. The number of esters is 5. The van der Waals surface area contributed by atoms with Gasteiger partial charge in [-0.2, -0.15) is 0 Å². The molecule has 0 amide bonds. The first kappa shape index (κ1) is 35.3. The van der Waals surface area contributed by atoms with Gasteiger partial charge in [-0.15, -0.1) is 0 Å². The van der Waals surface area contributed by atoms with Crippen molar-refractivity contribution in [2.45, 2.75) is 39.0 Å². The minimum Gasteiger partial charge on any atom is -0.465 e. The lowest BCUT2D eigenvalue weighted by atomic mass is 9.92. The molecule has 0 bridgehead atoms. The molecule has 0 saturated heterocycles. The Hall–Kier alpha value is -3.73. The van der Waals surface area contributed by atoms with E-state index in [9.17, 15) is 24.0 Å². The van der Waals surface area contributed by atoms with E-state index in [1.165, 1.54) is 0 Å². The van der Waals surface area contributed by atoms with Crippen LogP contribution in [0.3, 0.4) is 0 Å². The highest BCUT2D eigenvalue weighted by molar-refractivity contribution is 5.82. The van der Waals surface area contributed by atoms with Crippen molar-refractivity contribution in [3.05, 3.63) is 50.6 Å². The number of carbonyl (C=O) groups excluding carboxylic acids is 5. The van der Waals surface area contributed by atoms with E-state index >= 15 is 0 Å². The van der Waals surface area contributed by atoms with E-state index in [2.05, 4.69) is 33.2 Å². The van der Waals surface area contributed by atoms with E-state index in [4.69, 9.17) is 28.4 Å². The maximum Gasteiger partial charge on any atom is 0.330 e. The topological polar surface area (TPSA) is 141 Å². The molecule has 0 aliphatic heterocycles. The second-order valence-electron chi connectivity index (χ2n) is 8.64. The molecule has 0 radical (unpaired) electrons. The van der Waals surface area contributed by atoms with Crippen LogP contribution in [0.25, 0.3) is 0 Å². The van der Waals surface area contributed by atoms with Crippen LogP contribution in [0.15, 0.2) is 50.6 Å². The summed E-state index contributed by atoms with van der Waals surface area (Å²) in [7, 11) is 0. The van der Waals surface area contributed by atoms with Crippen molar-refractivity contribution in [1.29, 1.82) is 0 Å². The minimum atomic E-state index is -1.33. The Balaban J connectivity index is 5.49. The van der Waals surface area contributed by atoms with Crippen LogP contribution in [0.4, 0.5) is 0 Å². The summed E-state index contributed by atoms with van der Waals surface area (Å²) in [6.07, 6.45) is 7.78. The van der Waals surface area contributed by atoms with Gasteiger partial charge in [0.05, 0.1) is 37.8 Å². The number of hydrogen-bond acceptors (Lipinski definition) is 11. The van der Waals surface area contributed by atoms with Crippen LogP contribution in [-0.2, 0) is 52.4 Å². The molecule has 0 aromatic rings. The van der Waals surface area contributed by atoms with Crippen molar-refractivity contribution < 1.29 is 52.4 Å². The molecule has 218 valence electrons. The lowest BCUT2D eigenvalue weighted by Crippen LogP contribution is -2.43. The minimum absolute atomic E-state index is 0.0739. The highest BCUT2D eigenvalue weighted by atomic mass is 16.6. The van der Waals surface area contributed by atoms with Crippen LogP contribution in [-0.4, -0.2) is 76.1 Å². The Morgan fingerprint density at radius 3 is 1.54 bits per heavy atom. The quantitative estimate of drug-likeness (QED) is 0.0799. The molecule has 1 atom stereocenters. The molecule has 0 aliphatic rings. The van der Waals surface area contributed by atoms with Gasteiger partial charge >= 0.3 is 29.8 Å². The fourth-order valence-corrected chi connectivity index (χ4v) is 2.92. The highest BCUT2D eigenvalue weighted by Gasteiger charge is 2.36. The molecule has 0 fully saturated rings. The Kier molecular flexibility index (Phi) is 19.2. The number of ether oxygens (including phenoxy) is 6. The second-order valence-corrected chi connectivity index (χ2v) is 8.64. The van der Waals surface area contributed by atoms with Crippen molar-refractivity contribution in [1.82, 2.24) is 0 Å². The monoisotopic (exact) mass is 552 g/mol. The molecule has 0 aromatic heterocycles. The third-order valence-corrected chi connectivity index (χ3v) is 5.17. The fourth-order valence-electron chi connectivity index (χ4n) is 2.92. The largest absolute Gasteiger partial charge is 0.465 e. The predicted molar refractivity (Wildman–Crippen MR) is 141 cm³/mol. The lowest BCUT2D eigenvalue weighted by molar-refractivity contribution is -0.162. The normalized spacial score (nSPS) is 11.3. The van der Waals surface area contributed by atoms with Crippen LogP contribution in [0.2, 0.25) is 0 Å². The van der Waals surface area contributed by atoms with Gasteiger partial charge in [-0.05, 0) is 6.42 Å². The number of hydrogen-bond donors (Lipinski definition) is 0. The summed E-state index contributed by atoms with van der Waals surface area (Å²) in [5, 5.41) is 0. The molecule has 0 aliphatic carbocycles. The molecule has 1 unspecified atom stereocenters. The maximum atomic E-state index is 12.1. The lowest BCUT2D eigenvalue weighted by Gasteiger charge is -2.32. The number of unbranched alkanes of at least 4 members (excludes halogenated alkanes) is 3. The van der Waals surface area contributed by atoms with Crippen LogP contribution < -0.4 is 0 Å². The smallest absolute Gasteiger partial charge is 0.330 e. The zero-order valence-electron chi connectivity index (χ0n) is 22.7. The van der Waals surface area contributed by atoms with Crippen LogP contribution in [0, 0.1) is 11.3 Å². The van der Waals surface area contributed by atoms with E-state index in [0.29, 0.717) is 6.42 Å². The summed E-state index contributed by atoms with van der Waals surface area (Å²) in [6, 6.07) is 0. The average Bonchev–Trinajstić information content (AvgIpc) is 2.95. The Bertz CT molecular complexity index is 787. The Morgan fingerprint density at radius 1 is 0.615 bits per heavy atom. The van der Waals surface area contributed by atoms with Gasteiger partial charge in [0, 0.05) is 30.7 Å². The zero-order valence-corrected chi connectivity index (χ0v) is 22.7. The van der Waals surface area contributed by atoms with Gasteiger partial charge in [-0.3, -0.25) is 4.79 Å². The second kappa shape index (κ2) is 21.2. The summed E-state index contributed by atoms with van der Waals surface area (Å²) in [4.78, 5) is 58.9. The van der Waals surface area contributed by atoms with Gasteiger partial charge in [-0.25, -0.2) is 19.2 Å². The van der Waals surface area contributed by atoms with Crippen LogP contribution in [0.5, 0.6) is 0 Å². The first-order valence-corrected chi connectivity index (χ1v) is 12.5. The fraction of sp³-hybridized carbons (Fsp3) is 0.536. The Morgan fingerprint density at radius 2 is 1.08 bits per heavy atom. The van der Waals surface area contributed by atoms with Crippen molar-refractivity contribution in [3.63, 3.8) is 0 Å². The molecule has 0 saturated carbocycles. The third kappa shape index (κ3) is 17.4.